The molecule has 15 heavy (non-hydrogen) atoms. The molecule has 0 spiro atoms. The molecule has 1 atom stereocenters. The third kappa shape index (κ3) is 3.14. The van der Waals surface area contributed by atoms with E-state index in [4.69, 9.17) is 29.6 Å². The van der Waals surface area contributed by atoms with E-state index < -0.39 is 5.92 Å². The molecule has 0 radical (unpaired) electrons. The highest BCUT2D eigenvalue weighted by Crippen LogP contribution is 2.17. The number of halogens is 1. The van der Waals surface area contributed by atoms with Gasteiger partial charge in [0.2, 0.25) is 5.91 Å². The van der Waals surface area contributed by atoms with E-state index in [0.717, 1.165) is 0 Å². The van der Waals surface area contributed by atoms with E-state index in [1.54, 1.807) is 19.1 Å². The average Bonchev–Trinajstić information content (AvgIpc) is 2.20. The average molecular weight is 244 g/mol. The fourth-order valence-corrected chi connectivity index (χ4v) is 1.11. The number of aromatic nitrogens is 1. The number of nitrogens with one attached hydrogen (secondary N) is 1. The van der Waals surface area contributed by atoms with E-state index in [2.05, 4.69) is 10.3 Å². The number of rotatable bonds is 3. The van der Waals surface area contributed by atoms with Crippen molar-refractivity contribution in [2.75, 3.05) is 5.32 Å². The molecule has 80 valence electrons. The smallest absolute Gasteiger partial charge is 0.235 e. The molecule has 3 N–H and O–H groups in total. The second kappa shape index (κ2) is 5.04. The van der Waals surface area contributed by atoms with E-state index in [9.17, 15) is 4.79 Å². The Morgan fingerprint density at radius 1 is 1.73 bits per heavy atom. The van der Waals surface area contributed by atoms with Gasteiger partial charge < -0.3 is 11.1 Å². The lowest BCUT2D eigenvalue weighted by Gasteiger charge is -2.10. The van der Waals surface area contributed by atoms with Crippen molar-refractivity contribution in [3.05, 3.63) is 23.4 Å². The Morgan fingerprint density at radius 3 is 2.93 bits per heavy atom. The van der Waals surface area contributed by atoms with E-state index >= 15 is 0 Å². The summed E-state index contributed by atoms with van der Waals surface area (Å²) in [7, 11) is 0. The third-order valence-electron chi connectivity index (χ3n) is 1.82. The van der Waals surface area contributed by atoms with Crippen LogP contribution >= 0.6 is 23.8 Å². The van der Waals surface area contributed by atoms with Gasteiger partial charge in [-0.25, -0.2) is 4.98 Å². The summed E-state index contributed by atoms with van der Waals surface area (Å²) in [6.45, 7) is 1.62. The van der Waals surface area contributed by atoms with E-state index in [0.29, 0.717) is 10.8 Å². The van der Waals surface area contributed by atoms with Gasteiger partial charge in [0, 0.05) is 6.20 Å². The highest BCUT2D eigenvalue weighted by atomic mass is 35.5. The van der Waals surface area contributed by atoms with Crippen LogP contribution in [-0.2, 0) is 4.79 Å². The van der Waals surface area contributed by atoms with E-state index in [1.807, 2.05) is 0 Å². The van der Waals surface area contributed by atoms with Gasteiger partial charge in [0.1, 0.15) is 0 Å². The van der Waals surface area contributed by atoms with E-state index in [-0.39, 0.29) is 10.9 Å². The molecule has 0 saturated heterocycles. The first kappa shape index (κ1) is 11.9. The maximum atomic E-state index is 11.5. The molecule has 6 heteroatoms. The van der Waals surface area contributed by atoms with E-state index in [1.165, 1.54) is 6.20 Å². The summed E-state index contributed by atoms with van der Waals surface area (Å²) in [5, 5.41) is 2.92. The number of anilines is 1. The Kier molecular flexibility index (Phi) is 3.99. The molecule has 0 aliphatic carbocycles. The maximum absolute atomic E-state index is 11.5. The van der Waals surface area contributed by atoms with Crippen molar-refractivity contribution in [2.45, 2.75) is 6.92 Å². The maximum Gasteiger partial charge on any atom is 0.235 e. The summed E-state index contributed by atoms with van der Waals surface area (Å²) in [4.78, 5) is 15.6. The second-order valence-electron chi connectivity index (χ2n) is 2.95. The minimum atomic E-state index is -0.543. The highest BCUT2D eigenvalue weighted by Gasteiger charge is 2.16. The van der Waals surface area contributed by atoms with Crippen LogP contribution in [0.5, 0.6) is 0 Å². The molecule has 0 saturated carbocycles. The summed E-state index contributed by atoms with van der Waals surface area (Å²) in [6, 6.07) is 3.31. The molecule has 1 aromatic heterocycles. The van der Waals surface area contributed by atoms with Crippen molar-refractivity contribution in [3.63, 3.8) is 0 Å². The number of carbonyl (C=O) groups is 1. The van der Waals surface area contributed by atoms with Crippen LogP contribution in [-0.4, -0.2) is 15.9 Å². The molecule has 1 unspecified atom stereocenters. The van der Waals surface area contributed by atoms with Crippen LogP contribution in [0.2, 0.25) is 5.02 Å². The van der Waals surface area contributed by atoms with Gasteiger partial charge in [0.25, 0.3) is 0 Å². The number of nitrogens with zero attached hydrogens (tertiary/aromatic N) is 1. The summed E-state index contributed by atoms with van der Waals surface area (Å²) < 4.78 is 0. The predicted octanol–water partition coefficient (Wildman–Crippen LogP) is 1.60. The van der Waals surface area contributed by atoms with Crippen LogP contribution in [0.3, 0.4) is 0 Å². The van der Waals surface area contributed by atoms with Gasteiger partial charge in [0.05, 0.1) is 15.9 Å². The topological polar surface area (TPSA) is 68.0 Å². The zero-order chi connectivity index (χ0) is 11.4. The van der Waals surface area contributed by atoms with Gasteiger partial charge in [-0.15, -0.1) is 0 Å². The minimum absolute atomic E-state index is 0.138. The molecular weight excluding hydrogens is 234 g/mol. The van der Waals surface area contributed by atoms with Crippen molar-refractivity contribution in [1.29, 1.82) is 0 Å². The summed E-state index contributed by atoms with van der Waals surface area (Å²) in [6.07, 6.45) is 1.53. The summed E-state index contributed by atoms with van der Waals surface area (Å²) in [5.74, 6) is -0.548. The highest BCUT2D eigenvalue weighted by molar-refractivity contribution is 7.80. The monoisotopic (exact) mass is 243 g/mol. The molecule has 1 amide bonds. The van der Waals surface area contributed by atoms with Gasteiger partial charge in [0.15, 0.2) is 5.82 Å². The number of thiocarbonyl (C=S) groups is 1. The van der Waals surface area contributed by atoms with Crippen LogP contribution in [0.1, 0.15) is 6.92 Å². The lowest BCUT2D eigenvalue weighted by Crippen LogP contribution is -2.31. The van der Waals surface area contributed by atoms with Crippen LogP contribution in [0.4, 0.5) is 5.82 Å². The molecule has 0 bridgehead atoms. The predicted molar refractivity (Wildman–Crippen MR) is 63.8 cm³/mol. The lowest BCUT2D eigenvalue weighted by molar-refractivity contribution is -0.117. The Morgan fingerprint density at radius 2 is 2.40 bits per heavy atom. The number of pyridine rings is 1. The van der Waals surface area contributed by atoms with Crippen molar-refractivity contribution >= 4 is 40.5 Å². The first-order valence-electron chi connectivity index (χ1n) is 4.23. The van der Waals surface area contributed by atoms with Gasteiger partial charge in [-0.2, -0.15) is 0 Å². The first-order chi connectivity index (χ1) is 7.02. The molecule has 1 aromatic rings. The number of hydrogen-bond acceptors (Lipinski definition) is 3. The van der Waals surface area contributed by atoms with Crippen molar-refractivity contribution in [2.24, 2.45) is 11.7 Å². The van der Waals surface area contributed by atoms with Crippen molar-refractivity contribution in [3.8, 4) is 0 Å². The van der Waals surface area contributed by atoms with Crippen LogP contribution in [0.15, 0.2) is 18.3 Å². The number of amides is 1. The van der Waals surface area contributed by atoms with Crippen molar-refractivity contribution < 1.29 is 4.79 Å². The van der Waals surface area contributed by atoms with Crippen LogP contribution in [0.25, 0.3) is 0 Å². The quantitative estimate of drug-likeness (QED) is 0.792. The Hall–Kier alpha value is -1.20. The SMILES string of the molecule is CC(C(=O)Nc1ncccc1Cl)C(N)=S. The fourth-order valence-electron chi connectivity index (χ4n) is 0.832. The molecular formula is C9H10ClN3OS. The van der Waals surface area contributed by atoms with Crippen LogP contribution < -0.4 is 11.1 Å². The Labute approximate surface area is 97.8 Å². The number of carbonyl (C=O) groups excluding carboxylic acids is 1. The number of hydrogen-bond donors (Lipinski definition) is 2. The van der Waals surface area contributed by atoms with Gasteiger partial charge in [-0.1, -0.05) is 23.8 Å². The Balaban J connectivity index is 2.75. The minimum Gasteiger partial charge on any atom is -0.393 e. The molecule has 1 rings (SSSR count). The Bertz CT molecular complexity index is 397. The normalized spacial score (nSPS) is 11.9. The molecule has 0 fully saturated rings. The lowest BCUT2D eigenvalue weighted by atomic mass is 10.1. The molecule has 0 aromatic carbocycles. The molecule has 4 nitrogen and oxygen atoms in total. The number of nitrogens with two attached hydrogens (primary N) is 1. The summed E-state index contributed by atoms with van der Waals surface area (Å²) in [5.41, 5.74) is 5.35. The van der Waals surface area contributed by atoms with Crippen molar-refractivity contribution in [1.82, 2.24) is 4.98 Å². The van der Waals surface area contributed by atoms with Gasteiger partial charge >= 0.3 is 0 Å². The van der Waals surface area contributed by atoms with Gasteiger partial charge in [-0.05, 0) is 19.1 Å². The molecule has 1 heterocycles. The fraction of sp³-hybridized carbons (Fsp3) is 0.222. The zero-order valence-corrected chi connectivity index (χ0v) is 9.60. The summed E-state index contributed by atoms with van der Waals surface area (Å²) >= 11 is 10.5. The molecule has 0 aliphatic heterocycles. The largest absolute Gasteiger partial charge is 0.393 e. The first-order valence-corrected chi connectivity index (χ1v) is 5.01. The zero-order valence-electron chi connectivity index (χ0n) is 8.03. The second-order valence-corrected chi connectivity index (χ2v) is 3.83. The molecule has 0 aliphatic rings. The van der Waals surface area contributed by atoms with Gasteiger partial charge in [-0.3, -0.25) is 4.79 Å². The van der Waals surface area contributed by atoms with Crippen LogP contribution in [0, 0.1) is 5.92 Å². The third-order valence-corrected chi connectivity index (χ3v) is 2.48. The standard InChI is InChI=1S/C9H10ClN3OS/c1-5(7(11)15)9(14)13-8-6(10)3-2-4-12-8/h2-5H,1H3,(H2,11,15)(H,12,13,14).